The van der Waals surface area contributed by atoms with E-state index in [0.29, 0.717) is 0 Å². The van der Waals surface area contributed by atoms with Gasteiger partial charge in [-0.05, 0) is 43.7 Å². The Morgan fingerprint density at radius 2 is 1.90 bits per heavy atom. The lowest BCUT2D eigenvalue weighted by atomic mass is 10.0. The zero-order valence-electron chi connectivity index (χ0n) is 11.7. The summed E-state index contributed by atoms with van der Waals surface area (Å²) in [6.07, 6.45) is 0.969. The van der Waals surface area contributed by atoms with Gasteiger partial charge in [-0.15, -0.1) is 0 Å². The van der Waals surface area contributed by atoms with Crippen molar-refractivity contribution in [3.8, 4) is 5.75 Å². The monoisotopic (exact) mass is 287 g/mol. The average Bonchev–Trinajstić information content (AvgIpc) is 2.72. The maximum atomic E-state index is 6.07. The molecule has 0 aliphatic carbocycles. The molecule has 2 aromatic carbocycles. The van der Waals surface area contributed by atoms with Crippen LogP contribution < -0.4 is 10.1 Å². The Bertz CT molecular complexity index is 619. The highest BCUT2D eigenvalue weighted by Crippen LogP contribution is 2.37. The first-order valence-corrected chi connectivity index (χ1v) is 7.20. The smallest absolute Gasteiger partial charge is 0.128 e. The molecule has 0 saturated carbocycles. The molecule has 104 valence electrons. The Morgan fingerprint density at radius 3 is 2.65 bits per heavy atom. The van der Waals surface area contributed by atoms with Crippen LogP contribution in [0.5, 0.6) is 5.75 Å². The molecule has 0 amide bonds. The van der Waals surface area contributed by atoms with E-state index in [-0.39, 0.29) is 5.60 Å². The van der Waals surface area contributed by atoms with Crippen LogP contribution in [0.4, 0.5) is 5.69 Å². The Balaban J connectivity index is 1.76. The van der Waals surface area contributed by atoms with E-state index >= 15 is 0 Å². The molecule has 1 heterocycles. The molecule has 0 unspecified atom stereocenters. The summed E-state index contributed by atoms with van der Waals surface area (Å²) in [6.45, 7) is 5.01. The minimum atomic E-state index is -0.0985. The number of nitrogens with one attached hydrogen (secondary N) is 1. The van der Waals surface area contributed by atoms with E-state index in [1.807, 2.05) is 24.3 Å². The zero-order chi connectivity index (χ0) is 14.2. The Kier molecular flexibility index (Phi) is 3.35. The second kappa shape index (κ2) is 5.02. The van der Waals surface area contributed by atoms with Crippen molar-refractivity contribution in [2.75, 3.05) is 5.32 Å². The second-order valence-corrected chi connectivity index (χ2v) is 6.24. The van der Waals surface area contributed by atoms with E-state index in [0.717, 1.165) is 29.4 Å². The van der Waals surface area contributed by atoms with Gasteiger partial charge in [0, 0.05) is 29.2 Å². The van der Waals surface area contributed by atoms with Crippen LogP contribution in [0, 0.1) is 0 Å². The molecule has 1 aliphatic heterocycles. The van der Waals surface area contributed by atoms with E-state index in [2.05, 4.69) is 37.4 Å². The van der Waals surface area contributed by atoms with Gasteiger partial charge in [0.1, 0.15) is 11.4 Å². The van der Waals surface area contributed by atoms with Crippen LogP contribution in [0.15, 0.2) is 42.5 Å². The minimum absolute atomic E-state index is 0.0985. The molecule has 1 aliphatic rings. The SMILES string of the molecule is CC1(C)Cc2cccc(CNc3ccc(Cl)cc3)c2O1. The number of benzene rings is 2. The summed E-state index contributed by atoms with van der Waals surface area (Å²) in [6, 6.07) is 14.1. The summed E-state index contributed by atoms with van der Waals surface area (Å²) >= 11 is 5.89. The molecule has 0 fully saturated rings. The first-order chi connectivity index (χ1) is 9.53. The van der Waals surface area contributed by atoms with Crippen molar-refractivity contribution in [3.05, 3.63) is 58.6 Å². The Hall–Kier alpha value is -1.67. The van der Waals surface area contributed by atoms with Gasteiger partial charge in [0.15, 0.2) is 0 Å². The summed E-state index contributed by atoms with van der Waals surface area (Å²) in [4.78, 5) is 0. The van der Waals surface area contributed by atoms with Gasteiger partial charge in [0.25, 0.3) is 0 Å². The molecule has 0 spiro atoms. The molecule has 0 saturated heterocycles. The summed E-state index contributed by atoms with van der Waals surface area (Å²) < 4.78 is 6.07. The third-order valence-electron chi connectivity index (χ3n) is 3.50. The maximum absolute atomic E-state index is 6.07. The van der Waals surface area contributed by atoms with Crippen LogP contribution in [0.2, 0.25) is 5.02 Å². The highest BCUT2D eigenvalue weighted by Gasteiger charge is 2.31. The van der Waals surface area contributed by atoms with Crippen molar-refractivity contribution >= 4 is 17.3 Å². The first-order valence-electron chi connectivity index (χ1n) is 6.83. The molecule has 2 nitrogen and oxygen atoms in total. The summed E-state index contributed by atoms with van der Waals surface area (Å²) in [5, 5.41) is 4.16. The highest BCUT2D eigenvalue weighted by atomic mass is 35.5. The molecule has 1 N–H and O–H groups in total. The summed E-state index contributed by atoms with van der Waals surface area (Å²) in [7, 11) is 0. The van der Waals surface area contributed by atoms with Gasteiger partial charge in [-0.25, -0.2) is 0 Å². The van der Waals surface area contributed by atoms with Gasteiger partial charge < -0.3 is 10.1 Å². The van der Waals surface area contributed by atoms with E-state index in [4.69, 9.17) is 16.3 Å². The number of hydrogen-bond donors (Lipinski definition) is 1. The highest BCUT2D eigenvalue weighted by molar-refractivity contribution is 6.30. The number of fused-ring (bicyclic) bond motifs is 1. The normalized spacial score (nSPS) is 15.6. The van der Waals surface area contributed by atoms with Crippen LogP contribution in [0.25, 0.3) is 0 Å². The molecular formula is C17H18ClNO. The number of hydrogen-bond acceptors (Lipinski definition) is 2. The number of ether oxygens (including phenoxy) is 1. The Labute approximate surface area is 124 Å². The van der Waals surface area contributed by atoms with Crippen LogP contribution >= 0.6 is 11.6 Å². The van der Waals surface area contributed by atoms with Gasteiger partial charge in [-0.2, -0.15) is 0 Å². The molecule has 20 heavy (non-hydrogen) atoms. The van der Waals surface area contributed by atoms with Gasteiger partial charge in [0.2, 0.25) is 0 Å². The lowest BCUT2D eigenvalue weighted by molar-refractivity contribution is 0.137. The van der Waals surface area contributed by atoms with E-state index in [9.17, 15) is 0 Å². The van der Waals surface area contributed by atoms with Gasteiger partial charge in [0.05, 0.1) is 0 Å². The van der Waals surface area contributed by atoms with Gasteiger partial charge in [-0.1, -0.05) is 29.8 Å². The van der Waals surface area contributed by atoms with E-state index < -0.39 is 0 Å². The van der Waals surface area contributed by atoms with Crippen molar-refractivity contribution in [2.24, 2.45) is 0 Å². The molecule has 0 aromatic heterocycles. The molecule has 0 bridgehead atoms. The molecule has 3 rings (SSSR count). The lowest BCUT2D eigenvalue weighted by Crippen LogP contribution is -2.25. The Morgan fingerprint density at radius 1 is 1.15 bits per heavy atom. The fraction of sp³-hybridized carbons (Fsp3) is 0.294. The average molecular weight is 288 g/mol. The standard InChI is InChI=1S/C17H18ClNO/c1-17(2)10-12-4-3-5-13(16(12)20-17)11-19-15-8-6-14(18)7-9-15/h3-9,19H,10-11H2,1-2H3. The number of anilines is 1. The minimum Gasteiger partial charge on any atom is -0.487 e. The summed E-state index contributed by atoms with van der Waals surface area (Å²) in [5.74, 6) is 1.04. The predicted octanol–water partition coefficient (Wildman–Crippen LogP) is 4.67. The molecule has 3 heteroatoms. The molecule has 2 aromatic rings. The third-order valence-corrected chi connectivity index (χ3v) is 3.75. The van der Waals surface area contributed by atoms with Crippen molar-refractivity contribution in [2.45, 2.75) is 32.4 Å². The lowest BCUT2D eigenvalue weighted by Gasteiger charge is -2.18. The maximum Gasteiger partial charge on any atom is 0.128 e. The van der Waals surface area contributed by atoms with Crippen LogP contribution in [0.3, 0.4) is 0 Å². The van der Waals surface area contributed by atoms with Crippen molar-refractivity contribution in [1.29, 1.82) is 0 Å². The van der Waals surface area contributed by atoms with Crippen LogP contribution in [-0.4, -0.2) is 5.60 Å². The molecule has 0 radical (unpaired) electrons. The second-order valence-electron chi connectivity index (χ2n) is 5.80. The van der Waals surface area contributed by atoms with Crippen molar-refractivity contribution in [1.82, 2.24) is 0 Å². The van der Waals surface area contributed by atoms with E-state index in [1.165, 1.54) is 11.1 Å². The number of rotatable bonds is 3. The van der Waals surface area contributed by atoms with E-state index in [1.54, 1.807) is 0 Å². The fourth-order valence-electron chi connectivity index (χ4n) is 2.58. The molecular weight excluding hydrogens is 270 g/mol. The molecule has 0 atom stereocenters. The third kappa shape index (κ3) is 2.75. The topological polar surface area (TPSA) is 21.3 Å². The first kappa shape index (κ1) is 13.3. The summed E-state index contributed by atoms with van der Waals surface area (Å²) in [5.41, 5.74) is 3.45. The quantitative estimate of drug-likeness (QED) is 0.886. The fourth-order valence-corrected chi connectivity index (χ4v) is 2.71. The number of para-hydroxylation sites is 1. The predicted molar refractivity (Wildman–Crippen MR) is 83.6 cm³/mol. The largest absolute Gasteiger partial charge is 0.487 e. The van der Waals surface area contributed by atoms with Crippen molar-refractivity contribution < 1.29 is 4.74 Å². The number of halogens is 1. The van der Waals surface area contributed by atoms with Crippen LogP contribution in [-0.2, 0) is 13.0 Å². The van der Waals surface area contributed by atoms with Gasteiger partial charge >= 0.3 is 0 Å². The van der Waals surface area contributed by atoms with Gasteiger partial charge in [-0.3, -0.25) is 0 Å². The zero-order valence-corrected chi connectivity index (χ0v) is 12.5. The van der Waals surface area contributed by atoms with Crippen molar-refractivity contribution in [3.63, 3.8) is 0 Å². The van der Waals surface area contributed by atoms with Crippen LogP contribution in [0.1, 0.15) is 25.0 Å².